The van der Waals surface area contributed by atoms with E-state index in [1.165, 1.54) is 24.3 Å². The molecule has 0 saturated carbocycles. The molecule has 94 valence electrons. The maximum absolute atomic E-state index is 11.4. The maximum Gasteiger partial charge on any atom is 0.338 e. The molecule has 0 heterocycles. The Kier molecular flexibility index (Phi) is 4.14. The lowest BCUT2D eigenvalue weighted by molar-refractivity contribution is -0.384. The molecule has 0 bridgehead atoms. The smallest absolute Gasteiger partial charge is 0.338 e. The van der Waals surface area contributed by atoms with E-state index in [4.69, 9.17) is 5.73 Å². The summed E-state index contributed by atoms with van der Waals surface area (Å²) in [7, 11) is 1.16. The Morgan fingerprint density at radius 2 is 1.89 bits per heavy atom. The SMILES string of the molecule is COC(=O)C(=CC(N)=O)c1ccc([N+](=O)[O-])cc1. The quantitative estimate of drug-likeness (QED) is 0.364. The fourth-order valence-corrected chi connectivity index (χ4v) is 1.28. The van der Waals surface area contributed by atoms with E-state index in [1.807, 2.05) is 0 Å². The number of rotatable bonds is 4. The molecule has 0 radical (unpaired) electrons. The number of nitrogens with zero attached hydrogens (tertiary/aromatic N) is 1. The first-order valence-electron chi connectivity index (χ1n) is 4.80. The number of nitrogens with two attached hydrogens (primary N) is 1. The molecule has 0 aliphatic heterocycles. The van der Waals surface area contributed by atoms with Crippen molar-refractivity contribution in [3.8, 4) is 0 Å². The van der Waals surface area contributed by atoms with Crippen molar-refractivity contribution < 1.29 is 19.2 Å². The molecule has 0 fully saturated rings. The van der Waals surface area contributed by atoms with E-state index in [0.29, 0.717) is 5.56 Å². The van der Waals surface area contributed by atoms with Gasteiger partial charge in [0.2, 0.25) is 5.91 Å². The van der Waals surface area contributed by atoms with Gasteiger partial charge in [0.15, 0.2) is 0 Å². The van der Waals surface area contributed by atoms with Gasteiger partial charge in [-0.25, -0.2) is 4.79 Å². The average molecular weight is 250 g/mol. The van der Waals surface area contributed by atoms with Crippen molar-refractivity contribution in [3.63, 3.8) is 0 Å². The molecule has 0 aromatic heterocycles. The van der Waals surface area contributed by atoms with Crippen LogP contribution < -0.4 is 5.73 Å². The van der Waals surface area contributed by atoms with Gasteiger partial charge in [-0.3, -0.25) is 14.9 Å². The molecule has 0 unspecified atom stereocenters. The molecule has 1 rings (SSSR count). The Labute approximate surface area is 102 Å². The highest BCUT2D eigenvalue weighted by Crippen LogP contribution is 2.19. The van der Waals surface area contributed by atoms with Gasteiger partial charge in [-0.1, -0.05) is 0 Å². The fraction of sp³-hybridized carbons (Fsp3) is 0.0909. The number of carbonyl (C=O) groups excluding carboxylic acids is 2. The van der Waals surface area contributed by atoms with Crippen LogP contribution in [0.2, 0.25) is 0 Å². The van der Waals surface area contributed by atoms with Crippen molar-refractivity contribution >= 4 is 23.1 Å². The van der Waals surface area contributed by atoms with E-state index in [1.54, 1.807) is 0 Å². The van der Waals surface area contributed by atoms with Gasteiger partial charge in [-0.15, -0.1) is 0 Å². The van der Waals surface area contributed by atoms with Crippen molar-refractivity contribution in [1.29, 1.82) is 0 Å². The van der Waals surface area contributed by atoms with Crippen LogP contribution in [0.3, 0.4) is 0 Å². The summed E-state index contributed by atoms with van der Waals surface area (Å²) in [4.78, 5) is 32.1. The minimum atomic E-state index is -0.811. The zero-order valence-electron chi connectivity index (χ0n) is 9.45. The predicted molar refractivity (Wildman–Crippen MR) is 62.3 cm³/mol. The molecule has 1 amide bonds. The number of nitro benzene ring substituents is 1. The Balaban J connectivity index is 3.18. The first-order valence-corrected chi connectivity index (χ1v) is 4.80. The van der Waals surface area contributed by atoms with E-state index in [2.05, 4.69) is 4.74 Å². The summed E-state index contributed by atoms with van der Waals surface area (Å²) >= 11 is 0. The van der Waals surface area contributed by atoms with E-state index in [0.717, 1.165) is 13.2 Å². The van der Waals surface area contributed by atoms with Crippen LogP contribution in [0, 0.1) is 10.1 Å². The zero-order valence-corrected chi connectivity index (χ0v) is 9.45. The van der Waals surface area contributed by atoms with Gasteiger partial charge in [0.25, 0.3) is 5.69 Å². The van der Waals surface area contributed by atoms with Gasteiger partial charge in [0, 0.05) is 18.2 Å². The predicted octanol–water partition coefficient (Wildman–Crippen LogP) is 0.637. The summed E-state index contributed by atoms with van der Waals surface area (Å²) in [6.07, 6.45) is 0.910. The van der Waals surface area contributed by atoms with Crippen LogP contribution in [0.25, 0.3) is 5.57 Å². The van der Waals surface area contributed by atoms with Crippen LogP contribution >= 0.6 is 0 Å². The molecular weight excluding hydrogens is 240 g/mol. The summed E-state index contributed by atoms with van der Waals surface area (Å²) in [5.74, 6) is -1.56. The van der Waals surface area contributed by atoms with Crippen molar-refractivity contribution in [2.24, 2.45) is 5.73 Å². The second-order valence-electron chi connectivity index (χ2n) is 3.26. The van der Waals surface area contributed by atoms with Crippen LogP contribution in [-0.4, -0.2) is 23.9 Å². The number of ether oxygens (including phenoxy) is 1. The number of benzene rings is 1. The number of hydrogen-bond acceptors (Lipinski definition) is 5. The van der Waals surface area contributed by atoms with E-state index >= 15 is 0 Å². The number of primary amides is 1. The second-order valence-corrected chi connectivity index (χ2v) is 3.26. The van der Waals surface area contributed by atoms with Crippen molar-refractivity contribution in [2.75, 3.05) is 7.11 Å². The number of nitro groups is 1. The van der Waals surface area contributed by atoms with Gasteiger partial charge in [-0.2, -0.15) is 0 Å². The standard InChI is InChI=1S/C11H10N2O5/c1-18-11(15)9(6-10(12)14)7-2-4-8(5-3-7)13(16)17/h2-6H,1H3,(H2,12,14). The van der Waals surface area contributed by atoms with Gasteiger partial charge in [0.05, 0.1) is 17.6 Å². The highest BCUT2D eigenvalue weighted by molar-refractivity contribution is 6.20. The van der Waals surface area contributed by atoms with Gasteiger partial charge >= 0.3 is 5.97 Å². The lowest BCUT2D eigenvalue weighted by Gasteiger charge is -2.04. The van der Waals surface area contributed by atoms with Gasteiger partial charge < -0.3 is 10.5 Å². The van der Waals surface area contributed by atoms with Gasteiger partial charge in [-0.05, 0) is 17.7 Å². The summed E-state index contributed by atoms with van der Waals surface area (Å²) in [5, 5.41) is 10.5. The van der Waals surface area contributed by atoms with E-state index < -0.39 is 16.8 Å². The third kappa shape index (κ3) is 3.14. The lowest BCUT2D eigenvalue weighted by Crippen LogP contribution is -2.11. The summed E-state index contributed by atoms with van der Waals surface area (Å²) in [6.45, 7) is 0. The highest BCUT2D eigenvalue weighted by Gasteiger charge is 2.15. The molecule has 0 atom stereocenters. The van der Waals surface area contributed by atoms with Gasteiger partial charge in [0.1, 0.15) is 0 Å². The number of hydrogen-bond donors (Lipinski definition) is 1. The maximum atomic E-state index is 11.4. The van der Waals surface area contributed by atoms with Crippen LogP contribution in [0.1, 0.15) is 5.56 Å². The molecule has 0 aliphatic carbocycles. The Bertz CT molecular complexity index is 519. The zero-order chi connectivity index (χ0) is 13.7. The summed E-state index contributed by atoms with van der Waals surface area (Å²) in [6, 6.07) is 5.11. The molecule has 0 saturated heterocycles. The minimum absolute atomic E-state index is 0.0557. The average Bonchev–Trinajstić information content (AvgIpc) is 2.35. The number of non-ortho nitro benzene ring substituents is 1. The first kappa shape index (κ1) is 13.4. The number of esters is 1. The molecule has 2 N–H and O–H groups in total. The first-order chi connectivity index (χ1) is 8.45. The molecular formula is C11H10N2O5. The molecule has 7 nitrogen and oxygen atoms in total. The monoisotopic (exact) mass is 250 g/mol. The molecule has 0 spiro atoms. The van der Waals surface area contributed by atoms with E-state index in [-0.39, 0.29) is 11.3 Å². The molecule has 1 aromatic rings. The van der Waals surface area contributed by atoms with Crippen molar-refractivity contribution in [1.82, 2.24) is 0 Å². The second kappa shape index (κ2) is 5.58. The molecule has 18 heavy (non-hydrogen) atoms. The number of methoxy groups -OCH3 is 1. The van der Waals surface area contributed by atoms with Crippen LogP contribution in [-0.2, 0) is 14.3 Å². The lowest BCUT2D eigenvalue weighted by atomic mass is 10.1. The number of amides is 1. The molecule has 7 heteroatoms. The number of carbonyl (C=O) groups is 2. The minimum Gasteiger partial charge on any atom is -0.465 e. The normalized spacial score (nSPS) is 10.8. The van der Waals surface area contributed by atoms with Crippen LogP contribution in [0.4, 0.5) is 5.69 Å². The Morgan fingerprint density at radius 1 is 1.33 bits per heavy atom. The summed E-state index contributed by atoms with van der Waals surface area (Å²) in [5.41, 5.74) is 5.10. The third-order valence-electron chi connectivity index (χ3n) is 2.08. The Morgan fingerprint density at radius 3 is 2.28 bits per heavy atom. The fourth-order valence-electron chi connectivity index (χ4n) is 1.28. The van der Waals surface area contributed by atoms with Crippen LogP contribution in [0.5, 0.6) is 0 Å². The van der Waals surface area contributed by atoms with E-state index in [9.17, 15) is 19.7 Å². The van der Waals surface area contributed by atoms with Crippen molar-refractivity contribution in [3.05, 3.63) is 46.0 Å². The molecule has 0 aliphatic rings. The Hall–Kier alpha value is -2.70. The molecule has 1 aromatic carbocycles. The van der Waals surface area contributed by atoms with Crippen molar-refractivity contribution in [2.45, 2.75) is 0 Å². The largest absolute Gasteiger partial charge is 0.465 e. The highest BCUT2D eigenvalue weighted by atomic mass is 16.6. The van der Waals surface area contributed by atoms with Crippen LogP contribution in [0.15, 0.2) is 30.3 Å². The third-order valence-corrected chi connectivity index (χ3v) is 2.08. The topological polar surface area (TPSA) is 113 Å². The summed E-state index contributed by atoms with van der Waals surface area (Å²) < 4.78 is 4.50.